The second-order valence-corrected chi connectivity index (χ2v) is 28.7. The van der Waals surface area contributed by atoms with Crippen molar-refractivity contribution < 1.29 is 32.9 Å². The predicted octanol–water partition coefficient (Wildman–Crippen LogP) is 24.6. The summed E-state index contributed by atoms with van der Waals surface area (Å²) in [6, 6.07) is -0.908. The summed E-state index contributed by atoms with van der Waals surface area (Å²) in [5.41, 5.74) is 0. The summed E-state index contributed by atoms with van der Waals surface area (Å²) in [6.45, 7) is 4.56. The van der Waals surface area contributed by atoms with Crippen LogP contribution >= 0.6 is 7.82 Å². The van der Waals surface area contributed by atoms with Gasteiger partial charge in [-0.15, -0.1) is 0 Å². The second-order valence-electron chi connectivity index (χ2n) is 27.3. The van der Waals surface area contributed by atoms with Gasteiger partial charge in [-0.3, -0.25) is 9.36 Å². The Balaban J connectivity index is 3.99. The first-order valence-electron chi connectivity index (χ1n) is 38.6. The predicted molar refractivity (Wildman–Crippen MR) is 394 cm³/mol. The number of allylic oxidation sites excluding steroid dienone is 15. The number of carbonyl (C=O) groups is 1. The molecule has 0 aromatic carbocycles. The van der Waals surface area contributed by atoms with Gasteiger partial charge in [-0.2, -0.15) is 0 Å². The lowest BCUT2D eigenvalue weighted by Gasteiger charge is -2.29. The molecule has 3 unspecified atom stereocenters. The molecule has 0 fully saturated rings. The van der Waals surface area contributed by atoms with Gasteiger partial charge in [0.25, 0.3) is 7.82 Å². The molecule has 0 radical (unpaired) electrons. The molecule has 1 amide bonds. The summed E-state index contributed by atoms with van der Waals surface area (Å²) >= 11 is 0. The van der Waals surface area contributed by atoms with E-state index >= 15 is 0 Å². The number of likely N-dealkylation sites (N-methyl/N-ethyl adjacent to an activating group) is 1. The molecule has 8 nitrogen and oxygen atoms in total. The Kier molecular flexibility index (Phi) is 68.7. The van der Waals surface area contributed by atoms with Crippen LogP contribution in [0.5, 0.6) is 0 Å². The van der Waals surface area contributed by atoms with Crippen LogP contribution in [0, 0.1) is 0 Å². The molecule has 2 N–H and O–H groups in total. The normalized spacial score (nSPS) is 14.1. The van der Waals surface area contributed by atoms with E-state index < -0.39 is 26.6 Å². The summed E-state index contributed by atoms with van der Waals surface area (Å²) in [5, 5.41) is 14.0. The van der Waals surface area contributed by atoms with Gasteiger partial charge in [0.15, 0.2) is 0 Å². The van der Waals surface area contributed by atoms with E-state index in [0.717, 1.165) is 77.0 Å². The molecule has 0 aliphatic rings. The van der Waals surface area contributed by atoms with Gasteiger partial charge >= 0.3 is 0 Å². The Hall–Kier alpha value is -2.58. The van der Waals surface area contributed by atoms with E-state index in [1.54, 1.807) is 6.08 Å². The Bertz CT molecular complexity index is 1790. The van der Waals surface area contributed by atoms with Crippen LogP contribution in [0.15, 0.2) is 97.2 Å². The molecular weight excluding hydrogens is 1130 g/mol. The lowest BCUT2D eigenvalue weighted by Crippen LogP contribution is -2.45. The average Bonchev–Trinajstić information content (AvgIpc) is 3.09. The van der Waals surface area contributed by atoms with E-state index in [1.807, 2.05) is 27.2 Å². The molecule has 9 heteroatoms. The third-order valence-electron chi connectivity index (χ3n) is 17.3. The molecule has 0 saturated carbocycles. The molecule has 0 rings (SSSR count). The fraction of sp³-hybridized carbons (Fsp3) is 0.790. The molecule has 0 spiro atoms. The largest absolute Gasteiger partial charge is 0.756 e. The lowest BCUT2D eigenvalue weighted by atomic mass is 10.0. The number of phosphoric acid groups is 1. The van der Waals surface area contributed by atoms with Crippen LogP contribution in [-0.4, -0.2) is 68.5 Å². The molecule has 0 heterocycles. The molecule has 90 heavy (non-hydrogen) atoms. The van der Waals surface area contributed by atoms with E-state index in [1.165, 1.54) is 263 Å². The van der Waals surface area contributed by atoms with E-state index in [4.69, 9.17) is 9.05 Å². The number of hydrogen-bond acceptors (Lipinski definition) is 6. The average molecular weight is 1280 g/mol. The van der Waals surface area contributed by atoms with Crippen LogP contribution in [0.2, 0.25) is 0 Å². The molecule has 0 aliphatic carbocycles. The van der Waals surface area contributed by atoms with Crippen LogP contribution in [0.25, 0.3) is 0 Å². The first-order chi connectivity index (χ1) is 44.0. The number of aliphatic hydroxyl groups is 1. The highest BCUT2D eigenvalue weighted by Crippen LogP contribution is 2.38. The highest BCUT2D eigenvalue weighted by molar-refractivity contribution is 7.45. The maximum absolute atomic E-state index is 13.1. The first-order valence-corrected chi connectivity index (χ1v) is 40.1. The van der Waals surface area contributed by atoms with E-state index in [2.05, 4.69) is 104 Å². The fourth-order valence-corrected chi connectivity index (χ4v) is 12.1. The van der Waals surface area contributed by atoms with Gasteiger partial charge in [-0.1, -0.05) is 368 Å². The number of aliphatic hydroxyl groups excluding tert-OH is 1. The minimum atomic E-state index is -4.62. The first kappa shape index (κ1) is 87.4. The maximum Gasteiger partial charge on any atom is 0.268 e. The topological polar surface area (TPSA) is 108 Å². The molecular formula is C81H149N2O6P. The van der Waals surface area contributed by atoms with Gasteiger partial charge in [0.1, 0.15) is 13.2 Å². The van der Waals surface area contributed by atoms with E-state index in [0.29, 0.717) is 17.4 Å². The summed E-state index contributed by atoms with van der Waals surface area (Å²) in [4.78, 5) is 25.7. The van der Waals surface area contributed by atoms with Crippen molar-refractivity contribution in [2.24, 2.45) is 0 Å². The van der Waals surface area contributed by atoms with Crippen molar-refractivity contribution in [3.05, 3.63) is 97.2 Å². The SMILES string of the molecule is CC/C=C\C/C=C\C/C=C\C/C=C\C/C=C\C/C=C\CCCCCCCCCCCCCCCCCCCCCCCCC(=O)NC(COP(=O)([O-])OCC[N+](C)(C)C)C(O)/C=C/CC/C=C/CCCCCCCCCCCCCCCCCCCCCCC. The van der Waals surface area contributed by atoms with Crippen LogP contribution < -0.4 is 10.2 Å². The van der Waals surface area contributed by atoms with E-state index in [-0.39, 0.29) is 12.5 Å². The van der Waals surface area contributed by atoms with Gasteiger partial charge in [0.2, 0.25) is 5.91 Å². The maximum atomic E-state index is 13.1. The van der Waals surface area contributed by atoms with Gasteiger partial charge in [0, 0.05) is 6.42 Å². The third-order valence-corrected chi connectivity index (χ3v) is 18.2. The number of unbranched alkanes of at least 4 members (excludes halogenated alkanes) is 44. The summed E-state index contributed by atoms with van der Waals surface area (Å²) in [6.07, 6.45) is 103. The standard InChI is InChI=1S/C81H149N2O6P/c1-6-8-10-12-14-16-18-20-22-24-26-28-30-32-34-35-36-37-38-39-40-41-42-43-44-45-46-47-49-51-53-55-57-59-61-63-65-67-69-71-73-75-81(85)82-79(78-89-90(86,87)88-77-76-83(3,4)5)80(84)74-72-70-68-66-64-62-60-58-56-54-52-50-48-33-31-29-27-25-23-21-19-17-15-13-11-9-7-2/h8,10,14,16,20,22,26,28,32,34,36-37,64,66,72,74,79-80,84H,6-7,9,11-13,15,17-19,21,23-25,27,29-31,33,35,38-63,65,67-71,73,75-78H2,1-5H3,(H-,82,85,86,87)/b10-8-,16-14-,22-20-,28-26-,34-32-,37-36-,66-64+,74-72+. The Morgan fingerprint density at radius 3 is 1.03 bits per heavy atom. The zero-order chi connectivity index (χ0) is 65.5. The van der Waals surface area contributed by atoms with E-state index in [9.17, 15) is 19.4 Å². The lowest BCUT2D eigenvalue weighted by molar-refractivity contribution is -0.870. The van der Waals surface area contributed by atoms with Crippen molar-refractivity contribution in [1.82, 2.24) is 5.32 Å². The molecule has 0 aliphatic heterocycles. The number of rotatable bonds is 71. The monoisotopic (exact) mass is 1280 g/mol. The van der Waals surface area contributed by atoms with Crippen LogP contribution in [0.4, 0.5) is 0 Å². The Morgan fingerprint density at radius 2 is 0.689 bits per heavy atom. The summed E-state index contributed by atoms with van der Waals surface area (Å²) < 4.78 is 23.5. The minimum Gasteiger partial charge on any atom is -0.756 e. The molecule has 3 atom stereocenters. The zero-order valence-corrected chi connectivity index (χ0v) is 61.0. The number of amides is 1. The third kappa shape index (κ3) is 72.8. The van der Waals surface area contributed by atoms with Crippen molar-refractivity contribution >= 4 is 13.7 Å². The number of nitrogens with zero attached hydrogens (tertiary/aromatic N) is 1. The highest BCUT2D eigenvalue weighted by Gasteiger charge is 2.23. The van der Waals surface area contributed by atoms with Crippen LogP contribution in [0.1, 0.15) is 361 Å². The number of phosphoric ester groups is 1. The van der Waals surface area contributed by atoms with Gasteiger partial charge in [-0.05, 0) is 83.5 Å². The molecule has 524 valence electrons. The fourth-order valence-electron chi connectivity index (χ4n) is 11.4. The molecule has 0 saturated heterocycles. The van der Waals surface area contributed by atoms with Crippen molar-refractivity contribution in [1.29, 1.82) is 0 Å². The summed E-state index contributed by atoms with van der Waals surface area (Å²) in [7, 11) is 1.25. The smallest absolute Gasteiger partial charge is 0.268 e. The number of carbonyl (C=O) groups excluding carboxylic acids is 1. The number of quaternary nitrogens is 1. The summed E-state index contributed by atoms with van der Waals surface area (Å²) in [5.74, 6) is -0.202. The van der Waals surface area contributed by atoms with Crippen LogP contribution in [0.3, 0.4) is 0 Å². The minimum absolute atomic E-state index is 0.00703. The van der Waals surface area contributed by atoms with Crippen molar-refractivity contribution in [3.8, 4) is 0 Å². The highest BCUT2D eigenvalue weighted by atomic mass is 31.2. The Labute approximate surface area is 559 Å². The molecule has 0 bridgehead atoms. The van der Waals surface area contributed by atoms with Gasteiger partial charge in [0.05, 0.1) is 39.9 Å². The number of nitrogens with one attached hydrogen (secondary N) is 1. The van der Waals surface area contributed by atoms with Crippen molar-refractivity contribution in [2.45, 2.75) is 373 Å². The second kappa shape index (κ2) is 70.7. The van der Waals surface area contributed by atoms with Crippen molar-refractivity contribution in [2.75, 3.05) is 40.9 Å². The quantitative estimate of drug-likeness (QED) is 0.0272. The van der Waals surface area contributed by atoms with Gasteiger partial charge < -0.3 is 28.8 Å². The number of hydrogen-bond donors (Lipinski definition) is 2. The van der Waals surface area contributed by atoms with Crippen LogP contribution in [-0.2, 0) is 18.4 Å². The van der Waals surface area contributed by atoms with Gasteiger partial charge in [-0.25, -0.2) is 0 Å². The zero-order valence-electron chi connectivity index (χ0n) is 60.1. The molecule has 0 aromatic rings. The Morgan fingerprint density at radius 1 is 0.400 bits per heavy atom. The molecule has 0 aromatic heterocycles. The van der Waals surface area contributed by atoms with Crippen molar-refractivity contribution in [3.63, 3.8) is 0 Å².